The predicted octanol–water partition coefficient (Wildman–Crippen LogP) is 2.76. The number of nitrogens with zero attached hydrogens (tertiary/aromatic N) is 2. The van der Waals surface area contributed by atoms with Crippen molar-refractivity contribution in [1.82, 2.24) is 9.55 Å². The molecule has 0 atom stereocenters. The van der Waals surface area contributed by atoms with Gasteiger partial charge in [0.05, 0.1) is 6.42 Å². The van der Waals surface area contributed by atoms with Crippen molar-refractivity contribution in [3.05, 3.63) is 47.0 Å². The summed E-state index contributed by atoms with van der Waals surface area (Å²) >= 11 is 5.80. The van der Waals surface area contributed by atoms with Gasteiger partial charge in [0.1, 0.15) is 18.2 Å². The van der Waals surface area contributed by atoms with Gasteiger partial charge in [-0.15, -0.1) is 0 Å². The summed E-state index contributed by atoms with van der Waals surface area (Å²) in [5.41, 5.74) is 0.676. The van der Waals surface area contributed by atoms with Crippen molar-refractivity contribution in [3.63, 3.8) is 0 Å². The Morgan fingerprint density at radius 2 is 2.10 bits per heavy atom. The van der Waals surface area contributed by atoms with Gasteiger partial charge in [0.25, 0.3) is 0 Å². The number of halogens is 1. The summed E-state index contributed by atoms with van der Waals surface area (Å²) in [5.74, 6) is 0.531. The third-order valence-corrected chi connectivity index (χ3v) is 3.10. The lowest BCUT2D eigenvalue weighted by atomic mass is 10.3. The maximum absolute atomic E-state index is 10.8. The number of ether oxygens (including phenoxy) is 1. The van der Waals surface area contributed by atoms with Gasteiger partial charge >= 0.3 is 5.97 Å². The Bertz CT molecular complexity index is 593. The van der Waals surface area contributed by atoms with Crippen LogP contribution in [0.15, 0.2) is 30.5 Å². The molecule has 6 heteroatoms. The molecule has 20 heavy (non-hydrogen) atoms. The molecular weight excluding hydrogens is 280 g/mol. The molecule has 5 nitrogen and oxygen atoms in total. The first kappa shape index (κ1) is 14.4. The van der Waals surface area contributed by atoms with E-state index in [4.69, 9.17) is 21.4 Å². The van der Waals surface area contributed by atoms with Crippen molar-refractivity contribution in [2.45, 2.75) is 26.5 Å². The van der Waals surface area contributed by atoms with Crippen LogP contribution in [0.5, 0.6) is 5.75 Å². The number of rotatable bonds is 6. The molecule has 1 heterocycles. The maximum Gasteiger partial charge on any atom is 0.309 e. The van der Waals surface area contributed by atoms with Crippen LogP contribution in [-0.2, 0) is 24.4 Å². The SMILES string of the molecule is CCn1c(CC(=O)O)cnc1COc1ccc(Cl)cc1. The summed E-state index contributed by atoms with van der Waals surface area (Å²) in [5, 5.41) is 9.49. The minimum absolute atomic E-state index is 0.0399. The number of aliphatic carboxylic acids is 1. The van der Waals surface area contributed by atoms with Crippen LogP contribution in [0, 0.1) is 0 Å². The van der Waals surface area contributed by atoms with Gasteiger partial charge in [-0.05, 0) is 31.2 Å². The normalized spacial score (nSPS) is 10.5. The Hall–Kier alpha value is -2.01. The van der Waals surface area contributed by atoms with Crippen LogP contribution in [0.25, 0.3) is 0 Å². The Balaban J connectivity index is 2.07. The Morgan fingerprint density at radius 3 is 2.70 bits per heavy atom. The molecule has 1 aromatic carbocycles. The third kappa shape index (κ3) is 3.51. The van der Waals surface area contributed by atoms with Gasteiger partial charge in [-0.3, -0.25) is 4.79 Å². The minimum atomic E-state index is -0.871. The van der Waals surface area contributed by atoms with E-state index >= 15 is 0 Å². The van der Waals surface area contributed by atoms with Crippen LogP contribution < -0.4 is 4.74 Å². The second-order valence-electron chi connectivity index (χ2n) is 4.22. The van der Waals surface area contributed by atoms with Crippen LogP contribution in [-0.4, -0.2) is 20.6 Å². The van der Waals surface area contributed by atoms with Gasteiger partial charge in [0.2, 0.25) is 0 Å². The number of hydrogen-bond acceptors (Lipinski definition) is 3. The molecule has 2 aromatic rings. The van der Waals surface area contributed by atoms with Gasteiger partial charge in [0.15, 0.2) is 0 Å². The summed E-state index contributed by atoms with van der Waals surface area (Å²) in [6.45, 7) is 2.88. The average molecular weight is 295 g/mol. The molecule has 0 fully saturated rings. The molecule has 0 radical (unpaired) electrons. The van der Waals surface area contributed by atoms with Crippen LogP contribution in [0.1, 0.15) is 18.4 Å². The first-order chi connectivity index (χ1) is 9.60. The fourth-order valence-electron chi connectivity index (χ4n) is 1.93. The van der Waals surface area contributed by atoms with E-state index in [1.807, 2.05) is 11.5 Å². The van der Waals surface area contributed by atoms with Gasteiger partial charge < -0.3 is 14.4 Å². The molecule has 106 valence electrons. The van der Waals surface area contributed by atoms with Crippen LogP contribution in [0.4, 0.5) is 0 Å². The Kier molecular flexibility index (Phi) is 4.63. The zero-order valence-electron chi connectivity index (χ0n) is 11.0. The zero-order chi connectivity index (χ0) is 14.5. The molecule has 0 aliphatic heterocycles. The lowest BCUT2D eigenvalue weighted by Gasteiger charge is -2.09. The van der Waals surface area contributed by atoms with Crippen molar-refractivity contribution in [2.75, 3.05) is 0 Å². The van der Waals surface area contributed by atoms with E-state index in [2.05, 4.69) is 4.98 Å². The second kappa shape index (κ2) is 6.43. The van der Waals surface area contributed by atoms with Crippen LogP contribution in [0.3, 0.4) is 0 Å². The number of hydrogen-bond donors (Lipinski definition) is 1. The zero-order valence-corrected chi connectivity index (χ0v) is 11.8. The molecule has 0 saturated carbocycles. The van der Waals surface area contributed by atoms with E-state index in [0.29, 0.717) is 28.8 Å². The van der Waals surface area contributed by atoms with E-state index in [1.54, 1.807) is 30.5 Å². The lowest BCUT2D eigenvalue weighted by Crippen LogP contribution is -2.11. The van der Waals surface area contributed by atoms with Gasteiger partial charge in [0, 0.05) is 23.5 Å². The summed E-state index contributed by atoms with van der Waals surface area (Å²) in [7, 11) is 0. The van der Waals surface area contributed by atoms with Crippen LogP contribution in [0.2, 0.25) is 5.02 Å². The first-order valence-corrected chi connectivity index (χ1v) is 6.61. The number of benzene rings is 1. The number of imidazole rings is 1. The Morgan fingerprint density at radius 1 is 1.40 bits per heavy atom. The first-order valence-electron chi connectivity index (χ1n) is 6.23. The van der Waals surface area contributed by atoms with E-state index in [1.165, 1.54) is 0 Å². The third-order valence-electron chi connectivity index (χ3n) is 2.85. The number of carboxylic acid groups (broad SMARTS) is 1. The highest BCUT2D eigenvalue weighted by molar-refractivity contribution is 6.30. The molecule has 1 aromatic heterocycles. The molecule has 1 N–H and O–H groups in total. The summed E-state index contributed by atoms with van der Waals surface area (Å²) < 4.78 is 7.47. The van der Waals surface area contributed by atoms with E-state index in [-0.39, 0.29) is 13.0 Å². The smallest absolute Gasteiger partial charge is 0.309 e. The fourth-order valence-corrected chi connectivity index (χ4v) is 2.06. The minimum Gasteiger partial charge on any atom is -0.486 e. The molecule has 0 bridgehead atoms. The number of carbonyl (C=O) groups is 1. The molecule has 0 amide bonds. The largest absolute Gasteiger partial charge is 0.486 e. The van der Waals surface area contributed by atoms with Gasteiger partial charge in [-0.25, -0.2) is 4.98 Å². The quantitative estimate of drug-likeness (QED) is 0.890. The van der Waals surface area contributed by atoms with Gasteiger partial charge in [-0.1, -0.05) is 11.6 Å². The van der Waals surface area contributed by atoms with E-state index < -0.39 is 5.97 Å². The highest BCUT2D eigenvalue weighted by atomic mass is 35.5. The van der Waals surface area contributed by atoms with Crippen molar-refractivity contribution in [3.8, 4) is 5.75 Å². The maximum atomic E-state index is 10.8. The van der Waals surface area contributed by atoms with E-state index in [9.17, 15) is 4.79 Å². The molecule has 2 rings (SSSR count). The lowest BCUT2D eigenvalue weighted by molar-refractivity contribution is -0.136. The van der Waals surface area contributed by atoms with E-state index in [0.717, 1.165) is 0 Å². The second-order valence-corrected chi connectivity index (χ2v) is 4.66. The summed E-state index contributed by atoms with van der Waals surface area (Å²) in [6, 6.07) is 7.05. The fraction of sp³-hybridized carbons (Fsp3) is 0.286. The Labute approximate surface area is 121 Å². The van der Waals surface area contributed by atoms with Crippen molar-refractivity contribution >= 4 is 17.6 Å². The van der Waals surface area contributed by atoms with Crippen molar-refractivity contribution < 1.29 is 14.6 Å². The highest BCUT2D eigenvalue weighted by Crippen LogP contribution is 2.17. The highest BCUT2D eigenvalue weighted by Gasteiger charge is 2.11. The average Bonchev–Trinajstić information content (AvgIpc) is 2.79. The van der Waals surface area contributed by atoms with Crippen LogP contribution >= 0.6 is 11.6 Å². The molecule has 0 spiro atoms. The topological polar surface area (TPSA) is 64.4 Å². The van der Waals surface area contributed by atoms with Crippen molar-refractivity contribution in [2.24, 2.45) is 0 Å². The molecule has 0 unspecified atom stereocenters. The van der Waals surface area contributed by atoms with Crippen molar-refractivity contribution in [1.29, 1.82) is 0 Å². The van der Waals surface area contributed by atoms with Gasteiger partial charge in [-0.2, -0.15) is 0 Å². The standard InChI is InChI=1S/C14H15ClN2O3/c1-2-17-11(7-14(18)19)8-16-13(17)9-20-12-5-3-10(15)4-6-12/h3-6,8H,2,7,9H2,1H3,(H,18,19). The number of carboxylic acids is 1. The molecule has 0 aliphatic rings. The molecular formula is C14H15ClN2O3. The molecule has 0 saturated heterocycles. The predicted molar refractivity (Wildman–Crippen MR) is 75.0 cm³/mol. The monoisotopic (exact) mass is 294 g/mol. The molecule has 0 aliphatic carbocycles. The summed E-state index contributed by atoms with van der Waals surface area (Å²) in [6.07, 6.45) is 1.54. The summed E-state index contributed by atoms with van der Waals surface area (Å²) in [4.78, 5) is 15.0. The number of aromatic nitrogens is 2.